The number of phenolic OH excluding ortho intramolecular Hbond substituents is 1. The van der Waals surface area contributed by atoms with Gasteiger partial charge in [0.05, 0.1) is 23.0 Å². The fraction of sp³-hybridized carbons (Fsp3) is 0.176. The topological polar surface area (TPSA) is 69.6 Å². The van der Waals surface area contributed by atoms with Crippen LogP contribution in [0, 0.1) is 0 Å². The zero-order chi connectivity index (χ0) is 17.7. The van der Waals surface area contributed by atoms with E-state index in [4.69, 9.17) is 23.2 Å². The lowest BCUT2D eigenvalue weighted by molar-refractivity contribution is -0.132. The summed E-state index contributed by atoms with van der Waals surface area (Å²) in [5, 5.41) is 12.6. The molecule has 2 amide bonds. The van der Waals surface area contributed by atoms with Gasteiger partial charge in [-0.15, -0.1) is 0 Å². The average molecular weight is 367 g/mol. The van der Waals surface area contributed by atoms with Gasteiger partial charge in [0.25, 0.3) is 0 Å². The van der Waals surface area contributed by atoms with Gasteiger partial charge in [-0.3, -0.25) is 9.59 Å². The largest absolute Gasteiger partial charge is 0.508 e. The molecule has 0 radical (unpaired) electrons. The Morgan fingerprint density at radius 3 is 2.38 bits per heavy atom. The molecule has 0 spiro atoms. The number of phenols is 1. The highest BCUT2D eigenvalue weighted by molar-refractivity contribution is 6.42. The number of anilines is 1. The maximum atomic E-state index is 12.1. The number of carbonyl (C=O) groups excluding carboxylic acids is 2. The van der Waals surface area contributed by atoms with Crippen molar-refractivity contribution in [2.24, 2.45) is 0 Å². The summed E-state index contributed by atoms with van der Waals surface area (Å²) in [6.45, 7) is -0.0861. The van der Waals surface area contributed by atoms with Crippen LogP contribution >= 0.6 is 23.2 Å². The molecule has 5 nitrogen and oxygen atoms in total. The Hall–Kier alpha value is -2.24. The Morgan fingerprint density at radius 2 is 1.75 bits per heavy atom. The molecular formula is C17H16Cl2N2O3. The second-order valence-electron chi connectivity index (χ2n) is 5.27. The maximum Gasteiger partial charge on any atom is 0.243 e. The molecule has 0 atom stereocenters. The van der Waals surface area contributed by atoms with E-state index in [1.807, 2.05) is 0 Å². The first-order valence-electron chi connectivity index (χ1n) is 7.12. The van der Waals surface area contributed by atoms with E-state index >= 15 is 0 Å². The zero-order valence-corrected chi connectivity index (χ0v) is 14.4. The fourth-order valence-electron chi connectivity index (χ4n) is 2.00. The van der Waals surface area contributed by atoms with Crippen LogP contribution in [0.25, 0.3) is 0 Å². The molecule has 0 aliphatic carbocycles. The van der Waals surface area contributed by atoms with Gasteiger partial charge in [0.2, 0.25) is 11.8 Å². The Labute approximate surface area is 149 Å². The lowest BCUT2D eigenvalue weighted by Gasteiger charge is -2.17. The van der Waals surface area contributed by atoms with Crippen LogP contribution in [0.5, 0.6) is 5.75 Å². The number of hydrogen-bond donors (Lipinski definition) is 2. The Balaban J connectivity index is 1.89. The molecule has 0 aromatic heterocycles. The van der Waals surface area contributed by atoms with Crippen LogP contribution in [0.2, 0.25) is 10.0 Å². The highest BCUT2D eigenvalue weighted by Gasteiger charge is 2.14. The summed E-state index contributed by atoms with van der Waals surface area (Å²) < 4.78 is 0. The second kappa shape index (κ2) is 8.04. The highest BCUT2D eigenvalue weighted by Crippen LogP contribution is 2.24. The number of nitrogens with one attached hydrogen (secondary N) is 1. The predicted octanol–water partition coefficient (Wildman–Crippen LogP) is 3.34. The first-order chi connectivity index (χ1) is 11.3. The lowest BCUT2D eigenvalue weighted by atomic mass is 10.1. The number of benzene rings is 2. The molecule has 0 aliphatic heterocycles. The first kappa shape index (κ1) is 18.1. The van der Waals surface area contributed by atoms with Crippen LogP contribution in [0.15, 0.2) is 42.5 Å². The fourth-order valence-corrected chi connectivity index (χ4v) is 2.30. The zero-order valence-electron chi connectivity index (χ0n) is 12.9. The van der Waals surface area contributed by atoms with Gasteiger partial charge in [0, 0.05) is 12.7 Å². The Morgan fingerprint density at radius 1 is 1.08 bits per heavy atom. The van der Waals surface area contributed by atoms with Crippen LogP contribution in [-0.4, -0.2) is 35.4 Å². The third-order valence-corrected chi connectivity index (χ3v) is 4.04. The van der Waals surface area contributed by atoms with Gasteiger partial charge in [-0.1, -0.05) is 35.3 Å². The molecule has 0 saturated heterocycles. The molecule has 7 heteroatoms. The van der Waals surface area contributed by atoms with Gasteiger partial charge in [-0.2, -0.15) is 0 Å². The molecule has 2 rings (SSSR count). The molecule has 126 valence electrons. The van der Waals surface area contributed by atoms with Crippen molar-refractivity contribution in [1.82, 2.24) is 4.90 Å². The maximum absolute atomic E-state index is 12.1. The van der Waals surface area contributed by atoms with Crippen molar-refractivity contribution < 1.29 is 14.7 Å². The molecule has 0 unspecified atom stereocenters. The number of hydrogen-bond acceptors (Lipinski definition) is 3. The molecular weight excluding hydrogens is 351 g/mol. The van der Waals surface area contributed by atoms with Crippen molar-refractivity contribution in [2.75, 3.05) is 18.9 Å². The van der Waals surface area contributed by atoms with Crippen LogP contribution in [0.1, 0.15) is 5.56 Å². The van der Waals surface area contributed by atoms with Gasteiger partial charge >= 0.3 is 0 Å². The van der Waals surface area contributed by atoms with Crippen LogP contribution in [-0.2, 0) is 16.0 Å². The molecule has 0 aliphatic rings. The minimum atomic E-state index is -0.338. The highest BCUT2D eigenvalue weighted by atomic mass is 35.5. The first-order valence-corrected chi connectivity index (χ1v) is 7.87. The summed E-state index contributed by atoms with van der Waals surface area (Å²) in [7, 11) is 1.55. The normalized spacial score (nSPS) is 10.3. The number of nitrogens with zero attached hydrogens (tertiary/aromatic N) is 1. The average Bonchev–Trinajstić information content (AvgIpc) is 2.53. The molecule has 24 heavy (non-hydrogen) atoms. The monoisotopic (exact) mass is 366 g/mol. The third kappa shape index (κ3) is 5.15. The minimum Gasteiger partial charge on any atom is -0.508 e. The molecule has 2 aromatic carbocycles. The van der Waals surface area contributed by atoms with E-state index in [1.165, 1.54) is 17.0 Å². The third-order valence-electron chi connectivity index (χ3n) is 3.30. The summed E-state index contributed by atoms with van der Waals surface area (Å²) in [5.41, 5.74) is 1.27. The van der Waals surface area contributed by atoms with Gasteiger partial charge in [0.15, 0.2) is 0 Å². The van der Waals surface area contributed by atoms with Gasteiger partial charge in [-0.05, 0) is 35.9 Å². The van der Waals surface area contributed by atoms with Crippen molar-refractivity contribution in [3.8, 4) is 5.75 Å². The number of halogens is 2. The minimum absolute atomic E-state index is 0.0861. The van der Waals surface area contributed by atoms with E-state index in [9.17, 15) is 14.7 Å². The Bertz CT molecular complexity index is 748. The summed E-state index contributed by atoms with van der Waals surface area (Å²) in [5.74, 6) is -0.402. The van der Waals surface area contributed by atoms with E-state index in [1.54, 1.807) is 37.4 Å². The lowest BCUT2D eigenvalue weighted by Crippen LogP contribution is -2.35. The van der Waals surface area contributed by atoms with Crippen molar-refractivity contribution in [2.45, 2.75) is 6.42 Å². The standard InChI is InChI=1S/C17H16Cl2N2O3/c1-21(17(24)8-11-2-5-13(22)6-3-11)10-16(23)20-12-4-7-14(18)15(19)9-12/h2-7,9,22H,8,10H2,1H3,(H,20,23). The molecule has 0 bridgehead atoms. The van der Waals surface area contributed by atoms with Crippen molar-refractivity contribution in [3.05, 3.63) is 58.1 Å². The molecule has 0 fully saturated rings. The van der Waals surface area contributed by atoms with Gasteiger partial charge in [-0.25, -0.2) is 0 Å². The van der Waals surface area contributed by atoms with Gasteiger partial charge in [0.1, 0.15) is 5.75 Å². The van der Waals surface area contributed by atoms with Crippen LogP contribution in [0.4, 0.5) is 5.69 Å². The molecule has 0 heterocycles. The summed E-state index contributed by atoms with van der Waals surface area (Å²) >= 11 is 11.7. The van der Waals surface area contributed by atoms with Crippen LogP contribution in [0.3, 0.4) is 0 Å². The van der Waals surface area contributed by atoms with Crippen LogP contribution < -0.4 is 5.32 Å². The number of aromatic hydroxyl groups is 1. The predicted molar refractivity (Wildman–Crippen MR) is 94.5 cm³/mol. The van der Waals surface area contributed by atoms with Crippen molar-refractivity contribution in [1.29, 1.82) is 0 Å². The number of likely N-dealkylation sites (N-methyl/N-ethyl adjacent to an activating group) is 1. The van der Waals surface area contributed by atoms with E-state index < -0.39 is 0 Å². The smallest absolute Gasteiger partial charge is 0.243 e. The van der Waals surface area contributed by atoms with Crippen molar-refractivity contribution >= 4 is 40.7 Å². The van der Waals surface area contributed by atoms with Gasteiger partial charge < -0.3 is 15.3 Å². The molecule has 2 aromatic rings. The van der Waals surface area contributed by atoms with Crippen molar-refractivity contribution in [3.63, 3.8) is 0 Å². The summed E-state index contributed by atoms with van der Waals surface area (Å²) in [6, 6.07) is 11.1. The SMILES string of the molecule is CN(CC(=O)Nc1ccc(Cl)c(Cl)c1)C(=O)Cc1ccc(O)cc1. The molecule has 2 N–H and O–H groups in total. The second-order valence-corrected chi connectivity index (χ2v) is 6.08. The summed E-state index contributed by atoms with van der Waals surface area (Å²) in [4.78, 5) is 25.5. The Kier molecular flexibility index (Phi) is 6.06. The van der Waals surface area contributed by atoms with E-state index in [2.05, 4.69) is 5.32 Å². The van der Waals surface area contributed by atoms with E-state index in [0.29, 0.717) is 15.7 Å². The van der Waals surface area contributed by atoms with E-state index in [0.717, 1.165) is 5.56 Å². The number of amides is 2. The quantitative estimate of drug-likeness (QED) is 0.852. The molecule has 0 saturated carbocycles. The number of rotatable bonds is 5. The summed E-state index contributed by atoms with van der Waals surface area (Å²) in [6.07, 6.45) is 0.150. The van der Waals surface area contributed by atoms with E-state index in [-0.39, 0.29) is 30.5 Å². The number of carbonyl (C=O) groups is 2.